The molecule has 2 aromatic rings. The largest absolute Gasteiger partial charge is 0.493 e. The second-order valence-corrected chi connectivity index (χ2v) is 7.49. The average Bonchev–Trinajstić information content (AvgIpc) is 2.75. The smallest absolute Gasteiger partial charge is 0.343 e. The first-order chi connectivity index (χ1) is 15.1. The molecule has 32 heavy (non-hydrogen) atoms. The van der Waals surface area contributed by atoms with Gasteiger partial charge in [0.15, 0.2) is 11.5 Å². The molecule has 0 unspecified atom stereocenters. The highest BCUT2D eigenvalue weighted by Crippen LogP contribution is 2.29. The van der Waals surface area contributed by atoms with Gasteiger partial charge in [-0.25, -0.2) is 23.1 Å². The third-order valence-electron chi connectivity index (χ3n) is 3.75. The van der Waals surface area contributed by atoms with E-state index in [1.165, 1.54) is 55.7 Å². The molecular weight excluding hydrogens is 448 g/mol. The first kappa shape index (κ1) is 24.3. The lowest BCUT2D eigenvalue weighted by molar-refractivity contribution is -0.757. The van der Waals surface area contributed by atoms with E-state index in [0.29, 0.717) is 5.56 Å². The molecule has 0 amide bonds. The molecule has 2 rings (SSSR count). The van der Waals surface area contributed by atoms with Crippen LogP contribution in [0.25, 0.3) is 6.08 Å². The summed E-state index contributed by atoms with van der Waals surface area (Å²) in [6.07, 6.45) is 2.50. The van der Waals surface area contributed by atoms with E-state index in [0.717, 1.165) is 6.08 Å². The maximum Gasteiger partial charge on any atom is 0.343 e. The quantitative estimate of drug-likeness (QED) is 0.134. The summed E-state index contributed by atoms with van der Waals surface area (Å²) in [7, 11) is -2.53. The Bertz CT molecular complexity index is 1130. The van der Waals surface area contributed by atoms with Crippen molar-refractivity contribution < 1.29 is 42.1 Å². The fourth-order valence-electron chi connectivity index (χ4n) is 2.28. The van der Waals surface area contributed by atoms with Gasteiger partial charge in [0.05, 0.1) is 17.6 Å². The number of nitrogens with two attached hydrogens (primary N) is 1. The van der Waals surface area contributed by atoms with E-state index < -0.39 is 27.0 Å². The van der Waals surface area contributed by atoms with Crippen LogP contribution in [0, 0.1) is 10.1 Å². The minimum atomic E-state index is -3.89. The minimum absolute atomic E-state index is 0.0877. The number of rotatable bonds is 10. The van der Waals surface area contributed by atoms with Gasteiger partial charge in [-0.15, -0.1) is 10.1 Å². The lowest BCUT2D eigenvalue weighted by Crippen LogP contribution is -2.13. The first-order valence-corrected chi connectivity index (χ1v) is 10.3. The Labute approximate surface area is 182 Å². The van der Waals surface area contributed by atoms with Crippen molar-refractivity contribution in [3.63, 3.8) is 0 Å². The number of primary sulfonamides is 1. The summed E-state index contributed by atoms with van der Waals surface area (Å²) in [4.78, 5) is 37.8. The number of benzene rings is 2. The molecule has 0 saturated carbocycles. The molecule has 0 radical (unpaired) electrons. The Morgan fingerprint density at radius 3 is 2.38 bits per heavy atom. The summed E-state index contributed by atoms with van der Waals surface area (Å²) in [5, 5.41) is 14.0. The first-order valence-electron chi connectivity index (χ1n) is 8.75. The van der Waals surface area contributed by atoms with Crippen LogP contribution >= 0.6 is 0 Å². The lowest BCUT2D eigenvalue weighted by atomic mass is 10.2. The zero-order valence-electron chi connectivity index (χ0n) is 16.6. The van der Waals surface area contributed by atoms with Crippen molar-refractivity contribution >= 4 is 28.0 Å². The predicted octanol–water partition coefficient (Wildman–Crippen LogP) is 1.33. The normalized spacial score (nSPS) is 11.1. The molecule has 0 heterocycles. The van der Waals surface area contributed by atoms with Gasteiger partial charge >= 0.3 is 11.9 Å². The summed E-state index contributed by atoms with van der Waals surface area (Å²) >= 11 is 0. The molecule has 0 saturated heterocycles. The second kappa shape index (κ2) is 10.9. The summed E-state index contributed by atoms with van der Waals surface area (Å²) in [5.41, 5.74) is 0.602. The number of hydrogen-bond donors (Lipinski definition) is 1. The molecule has 170 valence electrons. The molecule has 0 aliphatic carbocycles. The van der Waals surface area contributed by atoms with Gasteiger partial charge in [-0.1, -0.05) is 6.07 Å². The molecule has 0 spiro atoms. The Morgan fingerprint density at radius 1 is 1.09 bits per heavy atom. The Kier molecular flexibility index (Phi) is 8.26. The molecule has 0 atom stereocenters. The zero-order valence-corrected chi connectivity index (χ0v) is 17.4. The highest BCUT2D eigenvalue weighted by atomic mass is 32.2. The molecule has 13 heteroatoms. The van der Waals surface area contributed by atoms with Crippen LogP contribution in [0.5, 0.6) is 11.5 Å². The van der Waals surface area contributed by atoms with Crippen molar-refractivity contribution in [2.45, 2.75) is 4.90 Å². The molecular formula is C19H18N2O10S. The molecule has 2 N–H and O–H groups in total. The van der Waals surface area contributed by atoms with Crippen molar-refractivity contribution in [2.75, 3.05) is 20.3 Å². The highest BCUT2D eigenvalue weighted by Gasteiger charge is 2.14. The van der Waals surface area contributed by atoms with Crippen molar-refractivity contribution in [3.8, 4) is 11.5 Å². The third kappa shape index (κ3) is 7.37. The van der Waals surface area contributed by atoms with Gasteiger partial charge in [0.1, 0.15) is 13.2 Å². The minimum Gasteiger partial charge on any atom is -0.493 e. The highest BCUT2D eigenvalue weighted by molar-refractivity contribution is 7.89. The molecule has 0 aliphatic rings. The maximum absolute atomic E-state index is 12.3. The van der Waals surface area contributed by atoms with Gasteiger partial charge in [0.2, 0.25) is 10.0 Å². The maximum atomic E-state index is 12.3. The van der Waals surface area contributed by atoms with Crippen LogP contribution in [0.3, 0.4) is 0 Å². The van der Waals surface area contributed by atoms with Gasteiger partial charge in [-0.3, -0.25) is 0 Å². The van der Waals surface area contributed by atoms with E-state index in [-0.39, 0.29) is 35.2 Å². The molecule has 0 aromatic heterocycles. The monoisotopic (exact) mass is 466 g/mol. The van der Waals surface area contributed by atoms with E-state index in [2.05, 4.69) is 4.84 Å². The zero-order chi connectivity index (χ0) is 23.7. The number of sulfonamides is 1. The van der Waals surface area contributed by atoms with Crippen molar-refractivity contribution in [2.24, 2.45) is 5.14 Å². The van der Waals surface area contributed by atoms with Crippen molar-refractivity contribution in [1.82, 2.24) is 0 Å². The van der Waals surface area contributed by atoms with Crippen LogP contribution < -0.4 is 14.6 Å². The van der Waals surface area contributed by atoms with Crippen molar-refractivity contribution in [1.29, 1.82) is 0 Å². The lowest BCUT2D eigenvalue weighted by Gasteiger charge is -2.10. The third-order valence-corrected chi connectivity index (χ3v) is 4.67. The van der Waals surface area contributed by atoms with E-state index in [9.17, 15) is 28.1 Å². The number of ether oxygens (including phenoxy) is 3. The molecule has 0 fully saturated rings. The number of hydrogen-bond acceptors (Lipinski definition) is 10. The SMILES string of the molecule is COc1cc(/C=C/C(=O)OCCO[N+](=O)[O-])ccc1OC(=O)c1ccc(S(N)(=O)=O)cc1. The van der Waals surface area contributed by atoms with Gasteiger partial charge in [-0.05, 0) is 48.0 Å². The van der Waals surface area contributed by atoms with Crippen LogP contribution in [0.1, 0.15) is 15.9 Å². The van der Waals surface area contributed by atoms with Crippen LogP contribution in [0.15, 0.2) is 53.4 Å². The fraction of sp³-hybridized carbons (Fsp3) is 0.158. The van der Waals surface area contributed by atoms with Crippen LogP contribution in [-0.4, -0.2) is 45.8 Å². The summed E-state index contributed by atoms with van der Waals surface area (Å²) < 4.78 is 37.8. The molecule has 0 bridgehead atoms. The number of nitrogens with zero attached hydrogens (tertiary/aromatic N) is 1. The molecule has 12 nitrogen and oxygen atoms in total. The number of methoxy groups -OCH3 is 1. The number of carbonyl (C=O) groups is 2. The van der Waals surface area contributed by atoms with Gasteiger partial charge < -0.3 is 19.0 Å². The van der Waals surface area contributed by atoms with E-state index in [1.54, 1.807) is 0 Å². The average molecular weight is 466 g/mol. The molecule has 2 aromatic carbocycles. The van der Waals surface area contributed by atoms with E-state index in [4.69, 9.17) is 19.3 Å². The fourth-order valence-corrected chi connectivity index (χ4v) is 2.79. The second-order valence-electron chi connectivity index (χ2n) is 5.93. The van der Waals surface area contributed by atoms with E-state index >= 15 is 0 Å². The number of esters is 2. The summed E-state index contributed by atoms with van der Waals surface area (Å²) in [6, 6.07) is 9.34. The van der Waals surface area contributed by atoms with Crippen LogP contribution in [-0.2, 0) is 24.4 Å². The van der Waals surface area contributed by atoms with Crippen LogP contribution in [0.4, 0.5) is 0 Å². The van der Waals surface area contributed by atoms with Gasteiger partial charge in [0, 0.05) is 6.08 Å². The number of carbonyl (C=O) groups excluding carboxylic acids is 2. The predicted molar refractivity (Wildman–Crippen MR) is 109 cm³/mol. The van der Waals surface area contributed by atoms with Gasteiger partial charge in [-0.2, -0.15) is 0 Å². The summed E-state index contributed by atoms with van der Waals surface area (Å²) in [6.45, 7) is -0.675. The Balaban J connectivity index is 2.03. The molecule has 0 aliphatic heterocycles. The van der Waals surface area contributed by atoms with Crippen molar-refractivity contribution in [3.05, 3.63) is 69.8 Å². The Morgan fingerprint density at radius 2 is 1.78 bits per heavy atom. The Hall–Kier alpha value is -3.97. The summed E-state index contributed by atoms with van der Waals surface area (Å²) in [5.74, 6) is -1.22. The van der Waals surface area contributed by atoms with Gasteiger partial charge in [0.25, 0.3) is 5.09 Å². The standard InChI is InChI=1S/C19H18N2O10S/c1-28-17-12-13(3-9-18(22)29-10-11-30-21(24)25)2-8-16(17)31-19(23)14-4-6-15(7-5-14)32(20,26)27/h2-9,12H,10-11H2,1H3,(H2,20,26,27)/b9-3+. The van der Waals surface area contributed by atoms with E-state index in [1.807, 2.05) is 0 Å². The van der Waals surface area contributed by atoms with Crippen LogP contribution in [0.2, 0.25) is 0 Å². The topological polar surface area (TPSA) is 174 Å².